The molecule has 222 valence electrons. The molecule has 4 fully saturated rings. The Morgan fingerprint density at radius 3 is 2.22 bits per heavy atom. The molecular weight excluding hydrogens is 591 g/mol. The molecule has 3 unspecified atom stereocenters. The zero-order valence-corrected chi connectivity index (χ0v) is 23.7. The summed E-state index contributed by atoms with van der Waals surface area (Å²) in [5.74, 6) is -8.93. The van der Waals surface area contributed by atoms with Crippen LogP contribution in [0.2, 0.25) is 5.02 Å². The Labute approximate surface area is 238 Å². The van der Waals surface area contributed by atoms with E-state index in [1.807, 2.05) is 0 Å². The van der Waals surface area contributed by atoms with Crippen LogP contribution in [0.15, 0.2) is 35.2 Å². The quantitative estimate of drug-likeness (QED) is 0.368. The van der Waals surface area contributed by atoms with Crippen molar-refractivity contribution in [2.75, 3.05) is 19.0 Å². The van der Waals surface area contributed by atoms with Crippen molar-refractivity contribution in [1.29, 1.82) is 0 Å². The number of halogens is 4. The molecule has 1 saturated heterocycles. The van der Waals surface area contributed by atoms with Crippen LogP contribution in [-0.4, -0.2) is 61.4 Å². The third-order valence-electron chi connectivity index (χ3n) is 8.29. The van der Waals surface area contributed by atoms with Crippen LogP contribution in [-0.2, 0) is 28.8 Å². The summed E-state index contributed by atoms with van der Waals surface area (Å²) in [5.41, 5.74) is -4.12. The number of sulfone groups is 1. The second-order valence-corrected chi connectivity index (χ2v) is 13.7. The minimum absolute atomic E-state index is 0.0290. The number of anilines is 1. The summed E-state index contributed by atoms with van der Waals surface area (Å²) < 4.78 is 84.4. The van der Waals surface area contributed by atoms with Crippen molar-refractivity contribution in [1.82, 2.24) is 0 Å². The van der Waals surface area contributed by atoms with E-state index in [1.165, 1.54) is 12.1 Å². The first kappa shape index (κ1) is 29.8. The van der Waals surface area contributed by atoms with Crippen molar-refractivity contribution in [3.63, 3.8) is 0 Å². The molecule has 2 N–H and O–H groups in total. The van der Waals surface area contributed by atoms with Gasteiger partial charge >= 0.3 is 5.97 Å². The Bertz CT molecular complexity index is 1520. The molecular formula is C27H27ClF3NO8S. The van der Waals surface area contributed by atoms with Crippen molar-refractivity contribution in [3.8, 4) is 0 Å². The zero-order valence-electron chi connectivity index (χ0n) is 22.2. The van der Waals surface area contributed by atoms with Crippen molar-refractivity contribution < 1.29 is 50.5 Å². The number of amides is 1. The highest BCUT2D eigenvalue weighted by Crippen LogP contribution is 2.62. The fraction of sp³-hybridized carbons (Fsp3) is 0.481. The first-order chi connectivity index (χ1) is 19.1. The monoisotopic (exact) mass is 617 g/mol. The van der Waals surface area contributed by atoms with Gasteiger partial charge in [0.05, 0.1) is 28.9 Å². The van der Waals surface area contributed by atoms with Crippen LogP contribution in [0, 0.1) is 29.3 Å². The van der Waals surface area contributed by atoms with Gasteiger partial charge in [0.15, 0.2) is 33.1 Å². The van der Waals surface area contributed by atoms with Gasteiger partial charge < -0.3 is 24.6 Å². The predicted octanol–water partition coefficient (Wildman–Crippen LogP) is 4.01. The minimum Gasteiger partial charge on any atom is -0.467 e. The number of methoxy groups -OCH3 is 1. The molecule has 3 aliphatic carbocycles. The lowest BCUT2D eigenvalue weighted by Gasteiger charge is -2.62. The number of ether oxygens (including phenoxy) is 3. The van der Waals surface area contributed by atoms with Crippen LogP contribution in [0.3, 0.4) is 0 Å². The number of nitrogens with one attached hydrogen (secondary N) is 1. The average molecular weight is 618 g/mol. The Hall–Kier alpha value is -2.71. The maximum atomic E-state index is 13.8. The Kier molecular flexibility index (Phi) is 7.22. The molecule has 3 saturated carbocycles. The van der Waals surface area contributed by atoms with Crippen LogP contribution >= 0.6 is 11.6 Å². The fourth-order valence-corrected chi connectivity index (χ4v) is 8.73. The maximum absolute atomic E-state index is 13.8. The van der Waals surface area contributed by atoms with Gasteiger partial charge in [-0.1, -0.05) is 11.6 Å². The van der Waals surface area contributed by atoms with Crippen LogP contribution in [0.1, 0.15) is 43.5 Å². The van der Waals surface area contributed by atoms with Crippen molar-refractivity contribution in [2.45, 2.75) is 60.2 Å². The number of hydrogen-bond acceptors (Lipinski definition) is 8. The summed E-state index contributed by atoms with van der Waals surface area (Å²) in [4.78, 5) is 25.3. The third kappa shape index (κ3) is 4.62. The fourth-order valence-electron chi connectivity index (χ4n) is 6.32. The Morgan fingerprint density at radius 1 is 1.07 bits per heavy atom. The largest absolute Gasteiger partial charge is 0.467 e. The summed E-state index contributed by atoms with van der Waals surface area (Å²) in [6.45, 7) is 2.92. The van der Waals surface area contributed by atoms with Gasteiger partial charge in [0, 0.05) is 23.4 Å². The standard InChI is InChI=1S/C27H27ClF3NO8S/c1-25(2)39-12-26(40-25,24(34)38-3)27(35)14-7-15(27)9-17(8-14)41(36,37)21-6-13(4-5-18(21)28)23(33)32-16-10-19(29)22(31)20(30)11-16/h4-6,10-11,14-15,17,35H,7-9,12H2,1-3H3,(H,32,33). The lowest BCUT2D eigenvalue weighted by Crippen LogP contribution is -2.76. The van der Waals surface area contributed by atoms with E-state index in [0.717, 1.165) is 13.2 Å². The second-order valence-electron chi connectivity index (χ2n) is 11.1. The van der Waals surface area contributed by atoms with Crippen LogP contribution in [0.25, 0.3) is 0 Å². The topological polar surface area (TPSA) is 128 Å². The highest BCUT2D eigenvalue weighted by Gasteiger charge is 2.75. The molecule has 3 atom stereocenters. The number of rotatable bonds is 6. The van der Waals surface area contributed by atoms with E-state index in [1.54, 1.807) is 13.8 Å². The van der Waals surface area contributed by atoms with Crippen molar-refractivity contribution in [3.05, 3.63) is 58.4 Å². The van der Waals surface area contributed by atoms with E-state index >= 15 is 0 Å². The zero-order chi connectivity index (χ0) is 30.1. The molecule has 2 aromatic rings. The molecule has 2 aromatic carbocycles. The third-order valence-corrected chi connectivity index (χ3v) is 10.9. The molecule has 0 spiro atoms. The molecule has 9 nitrogen and oxygen atoms in total. The van der Waals surface area contributed by atoms with Gasteiger partial charge in [-0.3, -0.25) is 4.79 Å². The van der Waals surface area contributed by atoms with Crippen LogP contribution in [0.5, 0.6) is 0 Å². The molecule has 4 aliphatic rings. The minimum atomic E-state index is -4.17. The van der Waals surface area contributed by atoms with E-state index in [9.17, 15) is 36.3 Å². The number of carbonyl (C=O) groups excluding carboxylic acids is 2. The van der Waals surface area contributed by atoms with E-state index in [-0.39, 0.29) is 40.6 Å². The van der Waals surface area contributed by atoms with E-state index in [0.29, 0.717) is 18.6 Å². The van der Waals surface area contributed by atoms with E-state index in [2.05, 4.69) is 5.32 Å². The summed E-state index contributed by atoms with van der Waals surface area (Å²) >= 11 is 6.25. The van der Waals surface area contributed by atoms with Gasteiger partial charge in [0.25, 0.3) is 5.91 Å². The van der Waals surface area contributed by atoms with Gasteiger partial charge in [-0.05, 0) is 63.1 Å². The average Bonchev–Trinajstić information content (AvgIpc) is 3.27. The van der Waals surface area contributed by atoms with Crippen LogP contribution in [0.4, 0.5) is 18.9 Å². The lowest BCUT2D eigenvalue weighted by atomic mass is 9.48. The SMILES string of the molecule is COC(=O)C1(C2(O)C3CC2CC(S(=O)(=O)c2cc(C(=O)Nc4cc(F)c(F)c(F)c4)ccc2Cl)C3)COC(C)(C)O1. The molecule has 2 bridgehead atoms. The van der Waals surface area contributed by atoms with E-state index in [4.69, 9.17) is 25.8 Å². The number of benzene rings is 2. The number of carbonyl (C=O) groups is 2. The number of aliphatic hydroxyl groups is 1. The van der Waals surface area contributed by atoms with Gasteiger partial charge in [-0.2, -0.15) is 0 Å². The lowest BCUT2D eigenvalue weighted by molar-refractivity contribution is -0.291. The first-order valence-corrected chi connectivity index (χ1v) is 14.6. The molecule has 0 aromatic heterocycles. The smallest absolute Gasteiger partial charge is 0.343 e. The Balaban J connectivity index is 1.39. The first-order valence-electron chi connectivity index (χ1n) is 12.7. The van der Waals surface area contributed by atoms with Gasteiger partial charge in [-0.15, -0.1) is 0 Å². The van der Waals surface area contributed by atoms with Gasteiger partial charge in [-0.25, -0.2) is 26.4 Å². The maximum Gasteiger partial charge on any atom is 0.343 e. The summed E-state index contributed by atoms with van der Waals surface area (Å²) in [6, 6.07) is 4.64. The van der Waals surface area contributed by atoms with Crippen LogP contribution < -0.4 is 5.32 Å². The number of fused-ring (bicyclic) bond motifs is 2. The molecule has 1 amide bonds. The molecule has 0 radical (unpaired) electrons. The normalized spacial score (nSPS) is 30.4. The molecule has 6 rings (SSSR count). The Morgan fingerprint density at radius 2 is 1.68 bits per heavy atom. The van der Waals surface area contributed by atoms with Crippen molar-refractivity contribution in [2.24, 2.45) is 11.8 Å². The molecule has 41 heavy (non-hydrogen) atoms. The second kappa shape index (κ2) is 9.94. The van der Waals surface area contributed by atoms with Gasteiger partial charge in [0.1, 0.15) is 5.60 Å². The number of hydrogen-bond donors (Lipinski definition) is 2. The summed E-state index contributed by atoms with van der Waals surface area (Å²) in [7, 11) is -3.00. The van der Waals surface area contributed by atoms with E-state index < -0.39 is 73.2 Å². The predicted molar refractivity (Wildman–Crippen MR) is 138 cm³/mol. The summed E-state index contributed by atoms with van der Waals surface area (Å²) in [5, 5.41) is 12.9. The molecule has 1 aliphatic heterocycles. The van der Waals surface area contributed by atoms with Crippen molar-refractivity contribution >= 4 is 39.0 Å². The van der Waals surface area contributed by atoms with Gasteiger partial charge in [0.2, 0.25) is 5.60 Å². The summed E-state index contributed by atoms with van der Waals surface area (Å²) in [6.07, 6.45) is 0.392. The highest BCUT2D eigenvalue weighted by atomic mass is 35.5. The number of esters is 1. The molecule has 1 heterocycles. The molecule has 14 heteroatoms. The highest BCUT2D eigenvalue weighted by molar-refractivity contribution is 7.92.